The van der Waals surface area contributed by atoms with Crippen molar-refractivity contribution in [2.45, 2.75) is 26.4 Å². The van der Waals surface area contributed by atoms with E-state index in [2.05, 4.69) is 17.3 Å². The highest BCUT2D eigenvalue weighted by atomic mass is 32.1. The maximum atomic E-state index is 10.8. The molecule has 19 heavy (non-hydrogen) atoms. The van der Waals surface area contributed by atoms with Crippen LogP contribution in [0.3, 0.4) is 0 Å². The fourth-order valence-corrected chi connectivity index (χ4v) is 2.75. The molecule has 0 aliphatic rings. The molecule has 2 aromatic heterocycles. The van der Waals surface area contributed by atoms with Gasteiger partial charge in [-0.05, 0) is 18.6 Å². The summed E-state index contributed by atoms with van der Waals surface area (Å²) in [5.41, 5.74) is 2.30. The van der Waals surface area contributed by atoms with Crippen LogP contribution in [-0.2, 0) is 26.6 Å². The molecule has 0 saturated heterocycles. The van der Waals surface area contributed by atoms with E-state index < -0.39 is 5.97 Å². The first-order valence-electron chi connectivity index (χ1n) is 6.14. The van der Waals surface area contributed by atoms with Crippen molar-refractivity contribution in [2.24, 2.45) is 7.05 Å². The molecule has 0 aliphatic carbocycles. The van der Waals surface area contributed by atoms with Crippen molar-refractivity contribution in [1.29, 1.82) is 0 Å². The maximum absolute atomic E-state index is 10.8. The predicted molar refractivity (Wildman–Crippen MR) is 74.4 cm³/mol. The topological polar surface area (TPSA) is 67.2 Å². The second kappa shape index (κ2) is 5.99. The molecule has 2 N–H and O–H groups in total. The van der Waals surface area contributed by atoms with E-state index in [-0.39, 0.29) is 0 Å². The van der Waals surface area contributed by atoms with Crippen LogP contribution in [-0.4, -0.2) is 20.9 Å². The smallest absolute Gasteiger partial charge is 0.345 e. The third kappa shape index (κ3) is 3.42. The van der Waals surface area contributed by atoms with E-state index in [9.17, 15) is 4.79 Å². The van der Waals surface area contributed by atoms with Crippen LogP contribution in [0.15, 0.2) is 18.3 Å². The number of nitrogens with zero attached hydrogens (tertiary/aromatic N) is 2. The van der Waals surface area contributed by atoms with E-state index in [1.165, 1.54) is 16.9 Å². The molecule has 0 aromatic carbocycles. The fraction of sp³-hybridized carbons (Fsp3) is 0.385. The average Bonchev–Trinajstić information content (AvgIpc) is 2.96. The van der Waals surface area contributed by atoms with Crippen molar-refractivity contribution in [1.82, 2.24) is 15.1 Å². The second-order valence-electron chi connectivity index (χ2n) is 4.30. The van der Waals surface area contributed by atoms with Crippen LogP contribution < -0.4 is 5.32 Å². The summed E-state index contributed by atoms with van der Waals surface area (Å²) in [6, 6.07) is 3.50. The Bertz CT molecular complexity index is 574. The summed E-state index contributed by atoms with van der Waals surface area (Å²) >= 11 is 1.31. The Balaban J connectivity index is 1.90. The first-order chi connectivity index (χ1) is 9.10. The van der Waals surface area contributed by atoms with E-state index in [1.807, 2.05) is 24.0 Å². The number of aryl methyl sites for hydroxylation is 2. The second-order valence-corrected chi connectivity index (χ2v) is 5.47. The highest BCUT2D eigenvalue weighted by Crippen LogP contribution is 2.16. The van der Waals surface area contributed by atoms with Crippen LogP contribution in [0.5, 0.6) is 0 Å². The van der Waals surface area contributed by atoms with Crippen LogP contribution in [0.25, 0.3) is 0 Å². The van der Waals surface area contributed by atoms with Gasteiger partial charge in [-0.15, -0.1) is 11.3 Å². The molecule has 0 fully saturated rings. The summed E-state index contributed by atoms with van der Waals surface area (Å²) in [6.45, 7) is 3.51. The number of carbonyl (C=O) groups is 1. The van der Waals surface area contributed by atoms with Crippen LogP contribution in [0.2, 0.25) is 0 Å². The third-order valence-electron chi connectivity index (χ3n) is 2.81. The molecule has 0 radical (unpaired) electrons. The molecule has 0 atom stereocenters. The van der Waals surface area contributed by atoms with Crippen molar-refractivity contribution in [3.8, 4) is 0 Å². The fourth-order valence-electron chi connectivity index (χ4n) is 1.94. The summed E-state index contributed by atoms with van der Waals surface area (Å²) in [7, 11) is 1.92. The Labute approximate surface area is 115 Å². The lowest BCUT2D eigenvalue weighted by atomic mass is 10.2. The lowest BCUT2D eigenvalue weighted by Crippen LogP contribution is -2.12. The Hall–Kier alpha value is -1.66. The predicted octanol–water partition coefficient (Wildman–Crippen LogP) is 2.03. The molecule has 102 valence electrons. The normalized spacial score (nSPS) is 10.8. The maximum Gasteiger partial charge on any atom is 0.345 e. The van der Waals surface area contributed by atoms with Gasteiger partial charge in [-0.1, -0.05) is 6.92 Å². The van der Waals surface area contributed by atoms with E-state index in [0.29, 0.717) is 11.4 Å². The molecule has 2 rings (SSSR count). The zero-order chi connectivity index (χ0) is 13.8. The summed E-state index contributed by atoms with van der Waals surface area (Å²) in [6.07, 6.45) is 2.93. The quantitative estimate of drug-likeness (QED) is 0.849. The summed E-state index contributed by atoms with van der Waals surface area (Å²) in [5.74, 6) is -0.864. The highest BCUT2D eigenvalue weighted by Gasteiger charge is 2.08. The van der Waals surface area contributed by atoms with Crippen LogP contribution in [0.4, 0.5) is 0 Å². The molecule has 0 unspecified atom stereocenters. The SMILES string of the molecule is CCc1nn(C)cc1CNCc1ccc(C(=O)O)s1. The number of thiophene rings is 1. The van der Waals surface area contributed by atoms with Gasteiger partial charge in [0, 0.05) is 36.8 Å². The Morgan fingerprint density at radius 1 is 1.47 bits per heavy atom. The molecule has 5 nitrogen and oxygen atoms in total. The van der Waals surface area contributed by atoms with Gasteiger partial charge in [0.05, 0.1) is 5.69 Å². The molecule has 0 amide bonds. The van der Waals surface area contributed by atoms with Gasteiger partial charge in [0.25, 0.3) is 0 Å². The highest BCUT2D eigenvalue weighted by molar-refractivity contribution is 7.13. The lowest BCUT2D eigenvalue weighted by molar-refractivity contribution is 0.0702. The summed E-state index contributed by atoms with van der Waals surface area (Å²) in [4.78, 5) is 12.2. The van der Waals surface area contributed by atoms with E-state index in [0.717, 1.165) is 23.5 Å². The zero-order valence-corrected chi connectivity index (χ0v) is 11.8. The summed E-state index contributed by atoms with van der Waals surface area (Å²) in [5, 5.41) is 16.6. The van der Waals surface area contributed by atoms with Crippen LogP contribution in [0, 0.1) is 0 Å². The lowest BCUT2D eigenvalue weighted by Gasteiger charge is -2.02. The van der Waals surface area contributed by atoms with Crippen molar-refractivity contribution in [3.63, 3.8) is 0 Å². The van der Waals surface area contributed by atoms with Gasteiger partial charge < -0.3 is 10.4 Å². The molecule has 6 heteroatoms. The van der Waals surface area contributed by atoms with Crippen molar-refractivity contribution >= 4 is 17.3 Å². The third-order valence-corrected chi connectivity index (χ3v) is 3.89. The van der Waals surface area contributed by atoms with Gasteiger partial charge in [0.1, 0.15) is 4.88 Å². The number of aromatic nitrogens is 2. The minimum Gasteiger partial charge on any atom is -0.477 e. The average molecular weight is 279 g/mol. The van der Waals surface area contributed by atoms with Crippen LogP contribution >= 0.6 is 11.3 Å². The van der Waals surface area contributed by atoms with Gasteiger partial charge in [-0.3, -0.25) is 4.68 Å². The number of carboxylic acids is 1. The first-order valence-corrected chi connectivity index (χ1v) is 6.96. The molecule has 0 spiro atoms. The number of carboxylic acid groups (broad SMARTS) is 1. The molecular formula is C13H17N3O2S. The standard InChI is InChI=1S/C13H17N3O2S/c1-3-11-9(8-16(2)15-11)6-14-7-10-4-5-12(19-10)13(17)18/h4-5,8,14H,3,6-7H2,1-2H3,(H,17,18). The minimum absolute atomic E-state index is 0.382. The van der Waals surface area contributed by atoms with Gasteiger partial charge in [0.15, 0.2) is 0 Å². The molecule has 0 bridgehead atoms. The minimum atomic E-state index is -0.864. The van der Waals surface area contributed by atoms with Gasteiger partial charge in [-0.2, -0.15) is 5.10 Å². The van der Waals surface area contributed by atoms with Crippen molar-refractivity contribution < 1.29 is 9.90 Å². The number of hydrogen-bond donors (Lipinski definition) is 2. The molecule has 2 heterocycles. The number of nitrogens with one attached hydrogen (secondary N) is 1. The van der Waals surface area contributed by atoms with Gasteiger partial charge >= 0.3 is 5.97 Å². The van der Waals surface area contributed by atoms with Crippen LogP contribution in [0.1, 0.15) is 32.7 Å². The Morgan fingerprint density at radius 2 is 2.26 bits per heavy atom. The molecule has 0 saturated carbocycles. The molecule has 0 aliphatic heterocycles. The van der Waals surface area contributed by atoms with E-state index in [1.54, 1.807) is 6.07 Å². The monoisotopic (exact) mass is 279 g/mol. The largest absolute Gasteiger partial charge is 0.477 e. The number of rotatable bonds is 6. The summed E-state index contributed by atoms with van der Waals surface area (Å²) < 4.78 is 1.82. The van der Waals surface area contributed by atoms with E-state index in [4.69, 9.17) is 5.11 Å². The Kier molecular flexibility index (Phi) is 4.34. The van der Waals surface area contributed by atoms with Gasteiger partial charge in [-0.25, -0.2) is 4.79 Å². The first kappa shape index (κ1) is 13.8. The number of hydrogen-bond acceptors (Lipinski definition) is 4. The Morgan fingerprint density at radius 3 is 2.89 bits per heavy atom. The molecule has 2 aromatic rings. The van der Waals surface area contributed by atoms with Crippen molar-refractivity contribution in [3.05, 3.63) is 39.3 Å². The molecular weight excluding hydrogens is 262 g/mol. The number of aromatic carboxylic acids is 1. The zero-order valence-electron chi connectivity index (χ0n) is 11.0. The van der Waals surface area contributed by atoms with Crippen molar-refractivity contribution in [2.75, 3.05) is 0 Å². The van der Waals surface area contributed by atoms with E-state index >= 15 is 0 Å². The van der Waals surface area contributed by atoms with Gasteiger partial charge in [0.2, 0.25) is 0 Å².